The summed E-state index contributed by atoms with van der Waals surface area (Å²) in [4.78, 5) is 50.5. The zero-order valence-electron chi connectivity index (χ0n) is 20.8. The third kappa shape index (κ3) is 12.6. The van der Waals surface area contributed by atoms with Gasteiger partial charge in [0.25, 0.3) is 0 Å². The molecule has 0 rings (SSSR count). The third-order valence-electron chi connectivity index (χ3n) is 5.08. The van der Waals surface area contributed by atoms with Gasteiger partial charge in [-0.2, -0.15) is 11.8 Å². The van der Waals surface area contributed by atoms with Crippen molar-refractivity contribution < 1.29 is 29.0 Å². The van der Waals surface area contributed by atoms with Crippen molar-refractivity contribution in [3.63, 3.8) is 0 Å². The summed E-state index contributed by atoms with van der Waals surface area (Å²) in [5.41, 5.74) is 0. The Labute approximate surface area is 197 Å². The zero-order valence-corrected chi connectivity index (χ0v) is 21.6. The number of aliphatic hydroxyl groups is 1. The van der Waals surface area contributed by atoms with E-state index in [1.165, 1.54) is 0 Å². The summed E-state index contributed by atoms with van der Waals surface area (Å²) in [7, 11) is 0. The first-order valence-corrected chi connectivity index (χ1v) is 12.9. The van der Waals surface area contributed by atoms with Crippen LogP contribution in [-0.4, -0.2) is 59.8 Å². The second-order valence-corrected chi connectivity index (χ2v) is 10.5. The molecule has 0 bridgehead atoms. The van der Waals surface area contributed by atoms with E-state index in [2.05, 4.69) is 5.32 Å². The van der Waals surface area contributed by atoms with Gasteiger partial charge in [-0.05, 0) is 36.7 Å². The van der Waals surface area contributed by atoms with Gasteiger partial charge in [-0.3, -0.25) is 19.2 Å². The molecule has 0 aromatic rings. The summed E-state index contributed by atoms with van der Waals surface area (Å²) in [6.45, 7) is 11.1. The van der Waals surface area contributed by atoms with Crippen molar-refractivity contribution in [2.24, 2.45) is 29.6 Å². The van der Waals surface area contributed by atoms with Crippen LogP contribution in [0.1, 0.15) is 67.2 Å². The summed E-state index contributed by atoms with van der Waals surface area (Å²) >= 11 is 1.58. The van der Waals surface area contributed by atoms with Gasteiger partial charge < -0.3 is 15.2 Å². The fourth-order valence-electron chi connectivity index (χ4n) is 3.25. The van der Waals surface area contributed by atoms with Gasteiger partial charge in [-0.25, -0.2) is 0 Å². The largest absolute Gasteiger partial charge is 0.465 e. The topological polar surface area (TPSA) is 110 Å². The molecular formula is C24H43NO6S. The molecular weight excluding hydrogens is 430 g/mol. The van der Waals surface area contributed by atoms with Crippen LogP contribution in [0.5, 0.6) is 0 Å². The van der Waals surface area contributed by atoms with Gasteiger partial charge in [-0.15, -0.1) is 0 Å². The van der Waals surface area contributed by atoms with Gasteiger partial charge in [0.05, 0.1) is 25.7 Å². The lowest BCUT2D eigenvalue weighted by Crippen LogP contribution is -2.46. The summed E-state index contributed by atoms with van der Waals surface area (Å²) in [5, 5.41) is 12.4. The summed E-state index contributed by atoms with van der Waals surface area (Å²) < 4.78 is 5.24. The van der Waals surface area contributed by atoms with Gasteiger partial charge in [-0.1, -0.05) is 41.5 Å². The van der Waals surface area contributed by atoms with Crippen LogP contribution in [-0.2, 0) is 23.9 Å². The van der Waals surface area contributed by atoms with E-state index in [0.29, 0.717) is 25.2 Å². The van der Waals surface area contributed by atoms with Gasteiger partial charge in [0.2, 0.25) is 5.91 Å². The molecule has 3 unspecified atom stereocenters. The van der Waals surface area contributed by atoms with Gasteiger partial charge in [0.15, 0.2) is 5.78 Å². The highest BCUT2D eigenvalue weighted by Crippen LogP contribution is 2.18. The minimum atomic E-state index is -0.771. The van der Waals surface area contributed by atoms with Crippen molar-refractivity contribution in [3.8, 4) is 0 Å². The van der Waals surface area contributed by atoms with E-state index in [-0.39, 0.29) is 48.1 Å². The predicted molar refractivity (Wildman–Crippen MR) is 128 cm³/mol. The van der Waals surface area contributed by atoms with Crippen LogP contribution in [0.3, 0.4) is 0 Å². The standard InChI is InChI=1S/C24H43NO6S/c1-15(2)10-20(21(27)11-19(13-26)23(29)17(5)6)25-24(30)18(8-9-32-7)12-22(28)31-14-16(3)4/h15-20,26H,8-14H2,1-7H3,(H,25,30). The first-order valence-electron chi connectivity index (χ1n) is 11.5. The van der Waals surface area contributed by atoms with Crippen molar-refractivity contribution in [2.75, 3.05) is 25.2 Å². The van der Waals surface area contributed by atoms with E-state index in [0.717, 1.165) is 0 Å². The Kier molecular flexibility index (Phi) is 15.5. The lowest BCUT2D eigenvalue weighted by Gasteiger charge is -2.24. The molecule has 0 aliphatic rings. The predicted octanol–water partition coefficient (Wildman–Crippen LogP) is 3.27. The molecule has 0 saturated heterocycles. The van der Waals surface area contributed by atoms with Crippen LogP contribution in [0.2, 0.25) is 0 Å². The fraction of sp³-hybridized carbons (Fsp3) is 0.833. The number of rotatable bonds is 17. The van der Waals surface area contributed by atoms with Crippen molar-refractivity contribution in [1.82, 2.24) is 5.32 Å². The molecule has 32 heavy (non-hydrogen) atoms. The van der Waals surface area contributed by atoms with Crippen molar-refractivity contribution >= 4 is 35.2 Å². The van der Waals surface area contributed by atoms with Crippen LogP contribution >= 0.6 is 11.8 Å². The lowest BCUT2D eigenvalue weighted by atomic mass is 9.87. The summed E-state index contributed by atoms with van der Waals surface area (Å²) in [6, 6.07) is -0.764. The molecule has 0 aliphatic heterocycles. The molecule has 0 radical (unpaired) electrons. The number of esters is 1. The average molecular weight is 474 g/mol. The average Bonchev–Trinajstić information content (AvgIpc) is 2.71. The fourth-order valence-corrected chi connectivity index (χ4v) is 3.77. The molecule has 8 heteroatoms. The number of aliphatic hydroxyl groups excluding tert-OH is 1. The SMILES string of the molecule is CSCCC(CC(=O)OCC(C)C)C(=O)NC(CC(C)C)C(=O)CC(CO)C(=O)C(C)C. The number of carbonyl (C=O) groups excluding carboxylic acids is 4. The van der Waals surface area contributed by atoms with Crippen LogP contribution in [0.15, 0.2) is 0 Å². The van der Waals surface area contributed by atoms with E-state index in [1.807, 2.05) is 34.0 Å². The number of ketones is 2. The molecule has 0 fully saturated rings. The second kappa shape index (κ2) is 16.2. The van der Waals surface area contributed by atoms with Crippen molar-refractivity contribution in [2.45, 2.75) is 73.3 Å². The Morgan fingerprint density at radius 1 is 0.938 bits per heavy atom. The highest BCUT2D eigenvalue weighted by Gasteiger charge is 2.31. The first kappa shape index (κ1) is 30.6. The van der Waals surface area contributed by atoms with E-state index >= 15 is 0 Å². The molecule has 0 aromatic heterocycles. The Morgan fingerprint density at radius 3 is 2.03 bits per heavy atom. The molecule has 0 saturated carbocycles. The maximum absolute atomic E-state index is 13.0. The number of Topliss-reactive ketones (excluding diaryl/α,β-unsaturated/α-hetero) is 2. The van der Waals surface area contributed by atoms with Gasteiger partial charge in [0.1, 0.15) is 5.78 Å². The molecule has 186 valence electrons. The molecule has 0 aliphatic carbocycles. The Balaban J connectivity index is 5.34. The normalized spacial score (nSPS) is 14.3. The maximum atomic E-state index is 13.0. The molecule has 0 heterocycles. The van der Waals surface area contributed by atoms with Crippen molar-refractivity contribution in [1.29, 1.82) is 0 Å². The van der Waals surface area contributed by atoms with Gasteiger partial charge >= 0.3 is 5.97 Å². The molecule has 7 nitrogen and oxygen atoms in total. The number of hydrogen-bond donors (Lipinski definition) is 2. The number of carbonyl (C=O) groups is 4. The Morgan fingerprint density at radius 2 is 1.56 bits per heavy atom. The molecule has 1 amide bonds. The molecule has 2 N–H and O–H groups in total. The third-order valence-corrected chi connectivity index (χ3v) is 5.73. The number of nitrogens with one attached hydrogen (secondary N) is 1. The highest BCUT2D eigenvalue weighted by atomic mass is 32.2. The summed E-state index contributed by atoms with van der Waals surface area (Å²) in [6.07, 6.45) is 2.70. The highest BCUT2D eigenvalue weighted by molar-refractivity contribution is 7.98. The second-order valence-electron chi connectivity index (χ2n) is 9.56. The maximum Gasteiger partial charge on any atom is 0.306 e. The monoisotopic (exact) mass is 473 g/mol. The minimum absolute atomic E-state index is 0.0349. The van der Waals surface area contributed by atoms with Crippen LogP contribution in [0.25, 0.3) is 0 Å². The number of ether oxygens (including phenoxy) is 1. The van der Waals surface area contributed by atoms with E-state index < -0.39 is 30.5 Å². The first-order chi connectivity index (χ1) is 14.9. The minimum Gasteiger partial charge on any atom is -0.465 e. The van der Waals surface area contributed by atoms with Gasteiger partial charge in [0, 0.05) is 24.2 Å². The lowest BCUT2D eigenvalue weighted by molar-refractivity contribution is -0.148. The summed E-state index contributed by atoms with van der Waals surface area (Å²) in [5.74, 6) is -1.81. The van der Waals surface area contributed by atoms with E-state index in [1.54, 1.807) is 25.6 Å². The van der Waals surface area contributed by atoms with Crippen molar-refractivity contribution in [3.05, 3.63) is 0 Å². The number of thioether (sulfide) groups is 1. The smallest absolute Gasteiger partial charge is 0.306 e. The number of hydrogen-bond acceptors (Lipinski definition) is 7. The van der Waals surface area contributed by atoms with Crippen LogP contribution < -0.4 is 5.32 Å². The number of amides is 1. The zero-order chi connectivity index (χ0) is 24.8. The quantitative estimate of drug-likeness (QED) is 0.312. The molecule has 3 atom stereocenters. The van der Waals surface area contributed by atoms with Crippen LogP contribution in [0, 0.1) is 29.6 Å². The van der Waals surface area contributed by atoms with E-state index in [4.69, 9.17) is 4.74 Å². The molecule has 0 aromatic carbocycles. The molecule has 0 spiro atoms. The Hall–Kier alpha value is -1.41. The van der Waals surface area contributed by atoms with Crippen LogP contribution in [0.4, 0.5) is 0 Å². The Bertz CT molecular complexity index is 605. The van der Waals surface area contributed by atoms with E-state index in [9.17, 15) is 24.3 Å².